The van der Waals surface area contributed by atoms with Crippen LogP contribution in [0.5, 0.6) is 0 Å². The van der Waals surface area contributed by atoms with Crippen molar-refractivity contribution in [1.29, 1.82) is 0 Å². The van der Waals surface area contributed by atoms with Gasteiger partial charge in [0, 0.05) is 4.88 Å². The van der Waals surface area contributed by atoms with Crippen LogP contribution in [0, 0.1) is 5.92 Å². The molecule has 3 rings (SSSR count). The van der Waals surface area contributed by atoms with Crippen molar-refractivity contribution >= 4 is 17.2 Å². The molecule has 0 fully saturated rings. The predicted octanol–water partition coefficient (Wildman–Crippen LogP) is 2.88. The third-order valence-corrected chi connectivity index (χ3v) is 4.71. The number of amides is 1. The Morgan fingerprint density at radius 3 is 2.56 bits per heavy atom. The fraction of sp³-hybridized carbons (Fsp3) is 0.278. The highest BCUT2D eigenvalue weighted by Crippen LogP contribution is 2.27. The van der Waals surface area contributed by atoms with Gasteiger partial charge in [-0.25, -0.2) is 9.89 Å². The van der Waals surface area contributed by atoms with E-state index in [-0.39, 0.29) is 11.9 Å². The summed E-state index contributed by atoms with van der Waals surface area (Å²) in [4.78, 5) is 26.9. The Morgan fingerprint density at radius 2 is 2.00 bits per heavy atom. The summed E-state index contributed by atoms with van der Waals surface area (Å²) in [5, 5.41) is 10.8. The van der Waals surface area contributed by atoms with Crippen LogP contribution in [0.25, 0.3) is 0 Å². The first-order valence-electron chi connectivity index (χ1n) is 8.10. The van der Waals surface area contributed by atoms with Crippen LogP contribution in [0.1, 0.15) is 46.5 Å². The molecule has 6 nitrogen and oxygen atoms in total. The van der Waals surface area contributed by atoms with Gasteiger partial charge in [-0.2, -0.15) is 0 Å². The van der Waals surface area contributed by atoms with E-state index in [0.29, 0.717) is 5.92 Å². The number of carbonyl (C=O) groups excluding carboxylic acids is 1. The quantitative estimate of drug-likeness (QED) is 0.634. The topological polar surface area (TPSA) is 90.6 Å². The number of nitrogens with one attached hydrogen (secondary N) is 3. The molecule has 25 heavy (non-hydrogen) atoms. The van der Waals surface area contributed by atoms with Gasteiger partial charge in [0.2, 0.25) is 5.82 Å². The molecule has 0 saturated heterocycles. The van der Waals surface area contributed by atoms with E-state index in [0.717, 1.165) is 16.9 Å². The predicted molar refractivity (Wildman–Crippen MR) is 97.8 cm³/mol. The van der Waals surface area contributed by atoms with Crippen LogP contribution in [0.2, 0.25) is 0 Å². The molecule has 0 bridgehead atoms. The summed E-state index contributed by atoms with van der Waals surface area (Å²) in [7, 11) is 0. The number of nitrogens with zero attached hydrogens (tertiary/aromatic N) is 1. The molecule has 0 radical (unpaired) electrons. The van der Waals surface area contributed by atoms with Gasteiger partial charge in [0.1, 0.15) is 0 Å². The van der Waals surface area contributed by atoms with Crippen LogP contribution >= 0.6 is 11.3 Å². The molecular formula is C18H20N4O2S. The van der Waals surface area contributed by atoms with Crippen molar-refractivity contribution in [1.82, 2.24) is 20.5 Å². The van der Waals surface area contributed by atoms with Crippen LogP contribution in [0.15, 0.2) is 46.6 Å². The molecule has 0 aliphatic heterocycles. The Hall–Kier alpha value is -2.67. The zero-order chi connectivity index (χ0) is 17.8. The van der Waals surface area contributed by atoms with Crippen molar-refractivity contribution in [2.24, 2.45) is 5.92 Å². The Kier molecular flexibility index (Phi) is 5.14. The third-order valence-electron chi connectivity index (χ3n) is 3.78. The minimum absolute atomic E-state index is 0.0250. The second-order valence-corrected chi connectivity index (χ2v) is 7.27. The molecule has 1 atom stereocenters. The van der Waals surface area contributed by atoms with Crippen LogP contribution in [0.4, 0.5) is 0 Å². The maximum Gasteiger partial charge on any atom is 0.341 e. The van der Waals surface area contributed by atoms with Gasteiger partial charge in [0.05, 0.1) is 6.04 Å². The normalized spacial score (nSPS) is 12.3. The molecule has 7 heteroatoms. The molecule has 3 N–H and O–H groups in total. The number of rotatable bonds is 6. The van der Waals surface area contributed by atoms with Gasteiger partial charge < -0.3 is 5.32 Å². The molecule has 0 aliphatic rings. The molecular weight excluding hydrogens is 336 g/mol. The summed E-state index contributed by atoms with van der Waals surface area (Å²) in [6.45, 7) is 4.38. The summed E-state index contributed by atoms with van der Waals surface area (Å²) in [5.74, 6) is 0.140. The van der Waals surface area contributed by atoms with Crippen molar-refractivity contribution in [3.8, 4) is 0 Å². The third kappa shape index (κ3) is 4.24. The lowest BCUT2D eigenvalue weighted by Gasteiger charge is -2.18. The molecule has 0 aliphatic carbocycles. The highest BCUT2D eigenvalue weighted by molar-refractivity contribution is 7.10. The Morgan fingerprint density at radius 1 is 1.24 bits per heavy atom. The Balaban J connectivity index is 1.85. The molecule has 1 aromatic carbocycles. The summed E-state index contributed by atoms with van der Waals surface area (Å²) < 4.78 is 0. The van der Waals surface area contributed by atoms with Crippen molar-refractivity contribution < 1.29 is 4.79 Å². The maximum absolute atomic E-state index is 12.4. The number of carbonyl (C=O) groups is 1. The van der Waals surface area contributed by atoms with E-state index in [2.05, 4.69) is 46.5 Å². The smallest absolute Gasteiger partial charge is 0.338 e. The molecule has 3 aromatic rings. The maximum atomic E-state index is 12.4. The first-order chi connectivity index (χ1) is 12.0. The van der Waals surface area contributed by atoms with E-state index in [1.807, 2.05) is 29.6 Å². The fourth-order valence-corrected chi connectivity index (χ4v) is 3.47. The SMILES string of the molecule is CC(C)Cc1ccc(C(NC(=O)c2n[nH]c(=O)[nH]2)c2cccs2)cc1. The van der Waals surface area contributed by atoms with E-state index in [4.69, 9.17) is 0 Å². The lowest BCUT2D eigenvalue weighted by atomic mass is 9.99. The van der Waals surface area contributed by atoms with E-state index in [1.54, 1.807) is 11.3 Å². The molecule has 2 aromatic heterocycles. The summed E-state index contributed by atoms with van der Waals surface area (Å²) in [6, 6.07) is 11.9. The van der Waals surface area contributed by atoms with Gasteiger partial charge in [-0.1, -0.05) is 44.2 Å². The molecule has 130 valence electrons. The van der Waals surface area contributed by atoms with Gasteiger partial charge >= 0.3 is 5.69 Å². The highest BCUT2D eigenvalue weighted by atomic mass is 32.1. The number of aromatic amines is 2. The first kappa shape index (κ1) is 17.2. The zero-order valence-corrected chi connectivity index (χ0v) is 14.9. The lowest BCUT2D eigenvalue weighted by molar-refractivity contribution is 0.0933. The molecule has 2 heterocycles. The summed E-state index contributed by atoms with van der Waals surface area (Å²) >= 11 is 1.57. The monoisotopic (exact) mass is 356 g/mol. The fourth-order valence-electron chi connectivity index (χ4n) is 2.67. The molecule has 0 spiro atoms. The van der Waals surface area contributed by atoms with Crippen LogP contribution < -0.4 is 11.0 Å². The molecule has 1 amide bonds. The van der Waals surface area contributed by atoms with Crippen molar-refractivity contribution in [2.75, 3.05) is 0 Å². The Labute approximate surface area is 149 Å². The summed E-state index contributed by atoms with van der Waals surface area (Å²) in [5.41, 5.74) is 1.75. The van der Waals surface area contributed by atoms with Crippen molar-refractivity contribution in [3.05, 3.63) is 74.1 Å². The van der Waals surface area contributed by atoms with E-state index >= 15 is 0 Å². The first-order valence-corrected chi connectivity index (χ1v) is 8.98. The van der Waals surface area contributed by atoms with Crippen LogP contribution in [-0.2, 0) is 6.42 Å². The van der Waals surface area contributed by atoms with E-state index in [9.17, 15) is 9.59 Å². The van der Waals surface area contributed by atoms with Crippen LogP contribution in [0.3, 0.4) is 0 Å². The zero-order valence-electron chi connectivity index (χ0n) is 14.1. The van der Waals surface area contributed by atoms with Crippen LogP contribution in [-0.4, -0.2) is 21.1 Å². The number of aromatic nitrogens is 3. The highest BCUT2D eigenvalue weighted by Gasteiger charge is 2.20. The number of hydrogen-bond donors (Lipinski definition) is 3. The lowest BCUT2D eigenvalue weighted by Crippen LogP contribution is -2.30. The van der Waals surface area contributed by atoms with E-state index < -0.39 is 11.6 Å². The van der Waals surface area contributed by atoms with Crippen molar-refractivity contribution in [3.63, 3.8) is 0 Å². The number of benzene rings is 1. The average Bonchev–Trinajstić information content (AvgIpc) is 3.24. The van der Waals surface area contributed by atoms with Gasteiger partial charge in [-0.3, -0.25) is 9.78 Å². The van der Waals surface area contributed by atoms with Crippen molar-refractivity contribution in [2.45, 2.75) is 26.3 Å². The van der Waals surface area contributed by atoms with Gasteiger partial charge in [0.25, 0.3) is 5.91 Å². The minimum atomic E-state index is -0.504. The van der Waals surface area contributed by atoms with Gasteiger partial charge in [-0.05, 0) is 34.9 Å². The van der Waals surface area contributed by atoms with Gasteiger partial charge in [-0.15, -0.1) is 16.4 Å². The van der Waals surface area contributed by atoms with E-state index in [1.165, 1.54) is 5.56 Å². The number of hydrogen-bond acceptors (Lipinski definition) is 4. The summed E-state index contributed by atoms with van der Waals surface area (Å²) in [6.07, 6.45) is 1.02. The average molecular weight is 356 g/mol. The molecule has 1 unspecified atom stereocenters. The van der Waals surface area contributed by atoms with Gasteiger partial charge in [0.15, 0.2) is 0 Å². The largest absolute Gasteiger partial charge is 0.341 e. The minimum Gasteiger partial charge on any atom is -0.338 e. The second kappa shape index (κ2) is 7.48. The number of H-pyrrole nitrogens is 2. The Bertz CT molecular complexity index is 878. The molecule has 0 saturated carbocycles. The standard InChI is InChI=1S/C18H20N4O2S/c1-11(2)10-12-5-7-13(8-6-12)15(14-4-3-9-25-14)19-17(23)16-20-18(24)22-21-16/h3-9,11,15H,10H2,1-2H3,(H,19,23)(H2,20,21,22,24). The second-order valence-electron chi connectivity index (χ2n) is 6.29. The number of thiophene rings is 1.